The molecular weight excluding hydrogens is 379 g/mol. The smallest absolute Gasteiger partial charge is 0.257 e. The van der Waals surface area contributed by atoms with Crippen molar-refractivity contribution in [3.05, 3.63) is 58.2 Å². The Labute approximate surface area is 158 Å². The minimum atomic E-state index is -0.475. The molecule has 0 atom stereocenters. The molecular formula is C18H14ClFN2O3S. The van der Waals surface area contributed by atoms with Crippen molar-refractivity contribution < 1.29 is 18.7 Å². The molecule has 0 radical (unpaired) electrons. The molecule has 0 spiro atoms. The number of nitrogens with zero attached hydrogens (tertiary/aromatic N) is 1. The Morgan fingerprint density at radius 3 is 2.54 bits per heavy atom. The van der Waals surface area contributed by atoms with Gasteiger partial charge in [-0.15, -0.1) is 11.3 Å². The van der Waals surface area contributed by atoms with Crippen LogP contribution in [-0.4, -0.2) is 25.1 Å². The van der Waals surface area contributed by atoms with Crippen LogP contribution < -0.4 is 14.8 Å². The van der Waals surface area contributed by atoms with Crippen molar-refractivity contribution in [3.8, 4) is 22.8 Å². The molecule has 1 N–H and O–H groups in total. The summed E-state index contributed by atoms with van der Waals surface area (Å²) in [4.78, 5) is 16.6. The number of anilines is 1. The summed E-state index contributed by atoms with van der Waals surface area (Å²) in [6.45, 7) is 0. The molecule has 0 fully saturated rings. The van der Waals surface area contributed by atoms with Crippen LogP contribution in [0.15, 0.2) is 41.8 Å². The highest BCUT2D eigenvalue weighted by atomic mass is 35.5. The van der Waals surface area contributed by atoms with Crippen molar-refractivity contribution in [1.29, 1.82) is 0 Å². The maximum absolute atomic E-state index is 13.8. The van der Waals surface area contributed by atoms with Gasteiger partial charge in [0, 0.05) is 16.5 Å². The predicted molar refractivity (Wildman–Crippen MR) is 100 cm³/mol. The number of hydrogen-bond donors (Lipinski definition) is 1. The summed E-state index contributed by atoms with van der Waals surface area (Å²) in [5.41, 5.74) is 1.52. The summed E-state index contributed by atoms with van der Waals surface area (Å²) < 4.78 is 23.8. The first-order valence-corrected chi connectivity index (χ1v) is 8.72. The summed E-state index contributed by atoms with van der Waals surface area (Å²) >= 11 is 7.28. The first-order valence-electron chi connectivity index (χ1n) is 7.46. The third kappa shape index (κ3) is 3.79. The zero-order valence-electron chi connectivity index (χ0n) is 13.9. The maximum atomic E-state index is 13.8. The van der Waals surface area contributed by atoms with Crippen LogP contribution in [0.4, 0.5) is 9.52 Å². The largest absolute Gasteiger partial charge is 0.495 e. The number of thiazole rings is 1. The first-order chi connectivity index (χ1) is 12.5. The third-order valence-corrected chi connectivity index (χ3v) is 4.64. The van der Waals surface area contributed by atoms with E-state index in [0.717, 1.165) is 0 Å². The first kappa shape index (κ1) is 18.2. The van der Waals surface area contributed by atoms with Gasteiger partial charge in [-0.25, -0.2) is 9.37 Å². The molecule has 0 aliphatic carbocycles. The molecule has 1 heterocycles. The average molecular weight is 393 g/mol. The Morgan fingerprint density at radius 2 is 1.88 bits per heavy atom. The lowest BCUT2D eigenvalue weighted by Crippen LogP contribution is -2.11. The van der Waals surface area contributed by atoms with Crippen LogP contribution in [0.5, 0.6) is 11.5 Å². The van der Waals surface area contributed by atoms with Gasteiger partial charge in [0.2, 0.25) is 0 Å². The molecule has 3 aromatic rings. The van der Waals surface area contributed by atoms with E-state index in [0.29, 0.717) is 32.7 Å². The van der Waals surface area contributed by atoms with Gasteiger partial charge in [0.05, 0.1) is 24.9 Å². The Morgan fingerprint density at radius 1 is 1.15 bits per heavy atom. The lowest BCUT2D eigenvalue weighted by Gasteiger charge is -2.06. The number of carbonyl (C=O) groups is 1. The molecule has 0 saturated heterocycles. The van der Waals surface area contributed by atoms with Crippen LogP contribution in [0.3, 0.4) is 0 Å². The van der Waals surface area contributed by atoms with Crippen molar-refractivity contribution in [3.63, 3.8) is 0 Å². The minimum absolute atomic E-state index is 0.161. The quantitative estimate of drug-likeness (QED) is 0.672. The number of amides is 1. The van der Waals surface area contributed by atoms with Crippen LogP contribution in [-0.2, 0) is 0 Å². The third-order valence-electron chi connectivity index (χ3n) is 3.59. The number of hydrogen-bond acceptors (Lipinski definition) is 5. The van der Waals surface area contributed by atoms with E-state index < -0.39 is 5.82 Å². The van der Waals surface area contributed by atoms with Gasteiger partial charge in [-0.3, -0.25) is 10.1 Å². The summed E-state index contributed by atoms with van der Waals surface area (Å²) in [7, 11) is 2.90. The van der Waals surface area contributed by atoms with E-state index in [-0.39, 0.29) is 11.7 Å². The molecule has 0 aliphatic heterocycles. The van der Waals surface area contributed by atoms with Crippen LogP contribution in [0, 0.1) is 5.82 Å². The Hall–Kier alpha value is -2.64. The van der Waals surface area contributed by atoms with Crippen molar-refractivity contribution in [2.75, 3.05) is 19.5 Å². The van der Waals surface area contributed by atoms with E-state index >= 15 is 0 Å². The second kappa shape index (κ2) is 7.72. The molecule has 134 valence electrons. The zero-order chi connectivity index (χ0) is 18.7. The number of methoxy groups -OCH3 is 2. The normalized spacial score (nSPS) is 10.5. The second-order valence-corrected chi connectivity index (χ2v) is 6.46. The molecule has 3 rings (SSSR count). The highest BCUT2D eigenvalue weighted by Gasteiger charge is 2.13. The van der Waals surface area contributed by atoms with Crippen LogP contribution in [0.25, 0.3) is 11.3 Å². The standard InChI is InChI=1S/C18H14ClFN2O3S/c1-24-15-5-4-11(7-12(15)19)17(23)22-18-21-14(9-26-18)10-3-6-16(25-2)13(20)8-10/h3-9H,1-2H3,(H,21,22,23). The molecule has 0 unspecified atom stereocenters. The molecule has 1 aromatic heterocycles. The Balaban J connectivity index is 1.77. The molecule has 0 bridgehead atoms. The SMILES string of the molecule is COc1ccc(-c2csc(NC(=O)c3ccc(OC)c(Cl)c3)n2)cc1F. The average Bonchev–Trinajstić information content (AvgIpc) is 3.10. The van der Waals surface area contributed by atoms with E-state index in [1.54, 1.807) is 23.6 Å². The van der Waals surface area contributed by atoms with Crippen LogP contribution in [0.1, 0.15) is 10.4 Å². The summed E-state index contributed by atoms with van der Waals surface area (Å²) in [6, 6.07) is 9.30. The fraction of sp³-hybridized carbons (Fsp3) is 0.111. The van der Waals surface area contributed by atoms with Gasteiger partial charge < -0.3 is 9.47 Å². The van der Waals surface area contributed by atoms with Crippen molar-refractivity contribution in [2.45, 2.75) is 0 Å². The topological polar surface area (TPSA) is 60.5 Å². The van der Waals surface area contributed by atoms with E-state index in [1.807, 2.05) is 0 Å². The van der Waals surface area contributed by atoms with Gasteiger partial charge in [0.25, 0.3) is 5.91 Å². The predicted octanol–water partition coefficient (Wildman–Crippen LogP) is 4.87. The van der Waals surface area contributed by atoms with Crippen LogP contribution in [0.2, 0.25) is 5.02 Å². The second-order valence-electron chi connectivity index (χ2n) is 5.19. The molecule has 8 heteroatoms. The van der Waals surface area contributed by atoms with Crippen molar-refractivity contribution in [2.24, 2.45) is 0 Å². The van der Waals surface area contributed by atoms with Crippen molar-refractivity contribution >= 4 is 34.0 Å². The monoisotopic (exact) mass is 392 g/mol. The summed E-state index contributed by atoms with van der Waals surface area (Å²) in [5, 5.41) is 5.17. The number of halogens is 2. The number of ether oxygens (including phenoxy) is 2. The van der Waals surface area contributed by atoms with E-state index in [4.69, 9.17) is 21.1 Å². The van der Waals surface area contributed by atoms with E-state index in [2.05, 4.69) is 10.3 Å². The van der Waals surface area contributed by atoms with Gasteiger partial charge in [-0.2, -0.15) is 0 Å². The molecule has 2 aromatic carbocycles. The van der Waals surface area contributed by atoms with Gasteiger partial charge in [0.1, 0.15) is 5.75 Å². The van der Waals surface area contributed by atoms with Gasteiger partial charge in [-0.05, 0) is 36.4 Å². The number of rotatable bonds is 5. The summed E-state index contributed by atoms with van der Waals surface area (Å²) in [5.74, 6) is -0.178. The highest BCUT2D eigenvalue weighted by molar-refractivity contribution is 7.14. The lowest BCUT2D eigenvalue weighted by atomic mass is 10.1. The Kier molecular flexibility index (Phi) is 5.39. The number of nitrogens with one attached hydrogen (secondary N) is 1. The van der Waals surface area contributed by atoms with E-state index in [9.17, 15) is 9.18 Å². The number of aromatic nitrogens is 1. The van der Waals surface area contributed by atoms with Crippen molar-refractivity contribution in [1.82, 2.24) is 4.98 Å². The molecule has 5 nitrogen and oxygen atoms in total. The van der Waals surface area contributed by atoms with E-state index in [1.165, 1.54) is 43.8 Å². The fourth-order valence-electron chi connectivity index (χ4n) is 2.27. The van der Waals surface area contributed by atoms with Gasteiger partial charge >= 0.3 is 0 Å². The van der Waals surface area contributed by atoms with Gasteiger partial charge in [-0.1, -0.05) is 11.6 Å². The summed E-state index contributed by atoms with van der Waals surface area (Å²) in [6.07, 6.45) is 0. The van der Waals surface area contributed by atoms with Crippen LogP contribution >= 0.6 is 22.9 Å². The Bertz CT molecular complexity index is 961. The maximum Gasteiger partial charge on any atom is 0.257 e. The number of carbonyl (C=O) groups excluding carboxylic acids is 1. The molecule has 26 heavy (non-hydrogen) atoms. The molecule has 0 aliphatic rings. The zero-order valence-corrected chi connectivity index (χ0v) is 15.5. The molecule has 0 saturated carbocycles. The fourth-order valence-corrected chi connectivity index (χ4v) is 3.24. The number of benzene rings is 2. The lowest BCUT2D eigenvalue weighted by molar-refractivity contribution is 0.102. The van der Waals surface area contributed by atoms with Gasteiger partial charge in [0.15, 0.2) is 16.7 Å². The molecule has 1 amide bonds. The minimum Gasteiger partial charge on any atom is -0.495 e. The highest BCUT2D eigenvalue weighted by Crippen LogP contribution is 2.29.